The van der Waals surface area contributed by atoms with Crippen molar-refractivity contribution in [2.75, 3.05) is 20.8 Å². The van der Waals surface area contributed by atoms with Gasteiger partial charge in [-0.2, -0.15) is 4.31 Å². The molecule has 1 saturated heterocycles. The highest BCUT2D eigenvalue weighted by Crippen LogP contribution is 2.33. The van der Waals surface area contributed by atoms with E-state index in [-0.39, 0.29) is 23.6 Å². The van der Waals surface area contributed by atoms with Crippen molar-refractivity contribution in [1.82, 2.24) is 9.62 Å². The van der Waals surface area contributed by atoms with Gasteiger partial charge in [0.2, 0.25) is 15.9 Å². The van der Waals surface area contributed by atoms with Gasteiger partial charge in [0.05, 0.1) is 25.2 Å². The van der Waals surface area contributed by atoms with Gasteiger partial charge in [0, 0.05) is 12.6 Å². The third-order valence-corrected chi connectivity index (χ3v) is 6.42. The Balaban J connectivity index is 2.30. The maximum absolute atomic E-state index is 13.1. The molecule has 1 aromatic carbocycles. The number of ether oxygens (including phenoxy) is 2. The largest absolute Gasteiger partial charge is 0.493 e. The van der Waals surface area contributed by atoms with Crippen LogP contribution in [0.1, 0.15) is 19.8 Å². The zero-order chi connectivity index (χ0) is 21.1. The molecule has 0 aliphatic carbocycles. The van der Waals surface area contributed by atoms with E-state index in [1.54, 1.807) is 0 Å². The fourth-order valence-electron chi connectivity index (χ4n) is 3.04. The Kier molecular flexibility index (Phi) is 6.86. The number of aliphatic hydroxyl groups excluding tert-OH is 1. The van der Waals surface area contributed by atoms with Crippen LogP contribution in [0.4, 0.5) is 0 Å². The molecule has 3 unspecified atom stereocenters. The summed E-state index contributed by atoms with van der Waals surface area (Å²) >= 11 is 0. The van der Waals surface area contributed by atoms with Gasteiger partial charge in [-0.25, -0.2) is 13.2 Å². The van der Waals surface area contributed by atoms with Gasteiger partial charge in [-0.05, 0) is 31.9 Å². The standard InChI is InChI=1S/C17H24N2O8S/c1-10(20)15(17(22)23)18-16(21)12-5-4-8-19(12)28(24,25)11-6-7-13(26-2)14(9-11)27-3/h6-7,9-10,12,15,20H,4-5,8H2,1-3H3,(H,18,21)(H,22,23). The van der Waals surface area contributed by atoms with E-state index in [0.29, 0.717) is 12.2 Å². The first kappa shape index (κ1) is 21.9. The Bertz CT molecular complexity index is 840. The molecule has 0 bridgehead atoms. The Morgan fingerprint density at radius 3 is 2.43 bits per heavy atom. The van der Waals surface area contributed by atoms with Gasteiger partial charge < -0.3 is 25.0 Å². The molecule has 1 heterocycles. The van der Waals surface area contributed by atoms with Crippen LogP contribution in [-0.4, -0.2) is 73.8 Å². The van der Waals surface area contributed by atoms with E-state index in [0.717, 1.165) is 4.31 Å². The fourth-order valence-corrected chi connectivity index (χ4v) is 4.71. The number of carbonyl (C=O) groups is 2. The van der Waals surface area contributed by atoms with Crippen molar-refractivity contribution in [3.8, 4) is 11.5 Å². The Labute approximate surface area is 163 Å². The fraction of sp³-hybridized carbons (Fsp3) is 0.529. The molecule has 1 aliphatic heterocycles. The van der Waals surface area contributed by atoms with E-state index in [1.165, 1.54) is 39.3 Å². The van der Waals surface area contributed by atoms with E-state index in [2.05, 4.69) is 5.32 Å². The van der Waals surface area contributed by atoms with Crippen LogP contribution < -0.4 is 14.8 Å². The molecule has 0 radical (unpaired) electrons. The lowest BCUT2D eigenvalue weighted by molar-refractivity contribution is -0.145. The molecule has 3 N–H and O–H groups in total. The summed E-state index contributed by atoms with van der Waals surface area (Å²) in [7, 11) is -1.24. The third-order valence-electron chi connectivity index (χ3n) is 4.51. The second-order valence-electron chi connectivity index (χ2n) is 6.36. The molecule has 2 rings (SSSR count). The Morgan fingerprint density at radius 1 is 1.25 bits per heavy atom. The molecule has 1 aliphatic rings. The average molecular weight is 416 g/mol. The van der Waals surface area contributed by atoms with Gasteiger partial charge in [0.25, 0.3) is 0 Å². The summed E-state index contributed by atoms with van der Waals surface area (Å²) in [4.78, 5) is 23.7. The predicted octanol–water partition coefficient (Wildman–Crippen LogP) is -0.193. The first-order valence-electron chi connectivity index (χ1n) is 8.58. The number of methoxy groups -OCH3 is 2. The van der Waals surface area contributed by atoms with E-state index < -0.39 is 40.1 Å². The van der Waals surface area contributed by atoms with E-state index in [1.807, 2.05) is 0 Å². The summed E-state index contributed by atoms with van der Waals surface area (Å²) in [6.45, 7) is 1.34. The quantitative estimate of drug-likeness (QED) is 0.529. The molecule has 11 heteroatoms. The number of carboxylic acids is 1. The van der Waals surface area contributed by atoms with Gasteiger partial charge >= 0.3 is 5.97 Å². The van der Waals surface area contributed by atoms with Crippen LogP contribution in [0.2, 0.25) is 0 Å². The van der Waals surface area contributed by atoms with E-state index in [4.69, 9.17) is 14.6 Å². The van der Waals surface area contributed by atoms with E-state index in [9.17, 15) is 23.1 Å². The minimum absolute atomic E-state index is 0.0739. The second kappa shape index (κ2) is 8.76. The van der Waals surface area contributed by atoms with Gasteiger partial charge in [-0.1, -0.05) is 0 Å². The van der Waals surface area contributed by atoms with Crippen LogP contribution in [0.15, 0.2) is 23.1 Å². The molecule has 156 valence electrons. The van der Waals surface area contributed by atoms with Gasteiger partial charge in [-0.15, -0.1) is 0 Å². The summed E-state index contributed by atoms with van der Waals surface area (Å²) < 4.78 is 37.4. The van der Waals surface area contributed by atoms with Crippen molar-refractivity contribution in [1.29, 1.82) is 0 Å². The zero-order valence-electron chi connectivity index (χ0n) is 15.8. The lowest BCUT2D eigenvalue weighted by Crippen LogP contribution is -2.54. The van der Waals surface area contributed by atoms with Crippen molar-refractivity contribution in [2.45, 2.75) is 42.8 Å². The van der Waals surface area contributed by atoms with E-state index >= 15 is 0 Å². The van der Waals surface area contributed by atoms with Crippen molar-refractivity contribution < 1.29 is 37.7 Å². The topological polar surface area (TPSA) is 142 Å². The molecule has 0 spiro atoms. The predicted molar refractivity (Wildman–Crippen MR) is 97.7 cm³/mol. The molecule has 3 atom stereocenters. The van der Waals surface area contributed by atoms with Gasteiger partial charge in [-0.3, -0.25) is 4.79 Å². The van der Waals surface area contributed by atoms with Gasteiger partial charge in [0.15, 0.2) is 17.5 Å². The smallest absolute Gasteiger partial charge is 0.328 e. The number of carboxylic acid groups (broad SMARTS) is 1. The van der Waals surface area contributed by atoms with Crippen LogP contribution in [0, 0.1) is 0 Å². The number of benzene rings is 1. The molecule has 0 aromatic heterocycles. The van der Waals surface area contributed by atoms with Crippen molar-refractivity contribution in [3.63, 3.8) is 0 Å². The Morgan fingerprint density at radius 2 is 1.89 bits per heavy atom. The van der Waals surface area contributed by atoms with Crippen LogP contribution in [0.25, 0.3) is 0 Å². The SMILES string of the molecule is COc1ccc(S(=O)(=O)N2CCCC2C(=O)NC(C(=O)O)C(C)O)cc1OC. The second-order valence-corrected chi connectivity index (χ2v) is 8.25. The lowest BCUT2D eigenvalue weighted by atomic mass is 10.1. The third kappa shape index (κ3) is 4.37. The number of amides is 1. The highest BCUT2D eigenvalue weighted by atomic mass is 32.2. The first-order valence-corrected chi connectivity index (χ1v) is 10.0. The minimum atomic E-state index is -4.04. The van der Waals surface area contributed by atoms with Crippen LogP contribution >= 0.6 is 0 Å². The molecule has 10 nitrogen and oxygen atoms in total. The number of carbonyl (C=O) groups excluding carboxylic acids is 1. The number of aliphatic carboxylic acids is 1. The van der Waals surface area contributed by atoms with Crippen LogP contribution in [0.3, 0.4) is 0 Å². The molecule has 1 amide bonds. The number of hydrogen-bond acceptors (Lipinski definition) is 7. The van der Waals surface area contributed by atoms with Crippen molar-refractivity contribution in [3.05, 3.63) is 18.2 Å². The molecular weight excluding hydrogens is 392 g/mol. The summed E-state index contributed by atoms with van der Waals surface area (Å²) in [6, 6.07) is 1.50. The lowest BCUT2D eigenvalue weighted by Gasteiger charge is -2.26. The van der Waals surface area contributed by atoms with Crippen LogP contribution in [-0.2, 0) is 19.6 Å². The molecule has 0 saturated carbocycles. The maximum atomic E-state index is 13.1. The molecular formula is C17H24N2O8S. The summed E-state index contributed by atoms with van der Waals surface area (Å²) in [6.07, 6.45) is -0.652. The maximum Gasteiger partial charge on any atom is 0.328 e. The minimum Gasteiger partial charge on any atom is -0.493 e. The van der Waals surface area contributed by atoms with Gasteiger partial charge in [0.1, 0.15) is 6.04 Å². The number of sulfonamides is 1. The number of aliphatic hydroxyl groups is 1. The summed E-state index contributed by atoms with van der Waals surface area (Å²) in [5.74, 6) is -1.59. The highest BCUT2D eigenvalue weighted by Gasteiger charge is 2.41. The monoisotopic (exact) mass is 416 g/mol. The number of hydrogen-bond donors (Lipinski definition) is 3. The normalized spacial score (nSPS) is 19.6. The number of rotatable bonds is 8. The van der Waals surface area contributed by atoms with Crippen molar-refractivity contribution >= 4 is 21.9 Å². The average Bonchev–Trinajstić information content (AvgIpc) is 3.15. The number of nitrogens with one attached hydrogen (secondary N) is 1. The summed E-state index contributed by atoms with van der Waals surface area (Å²) in [5, 5.41) is 20.9. The molecule has 1 aromatic rings. The summed E-state index contributed by atoms with van der Waals surface area (Å²) in [5.41, 5.74) is 0. The first-order chi connectivity index (χ1) is 13.1. The number of nitrogens with zero attached hydrogens (tertiary/aromatic N) is 1. The Hall–Kier alpha value is -2.37. The molecule has 1 fully saturated rings. The zero-order valence-corrected chi connectivity index (χ0v) is 16.6. The molecule has 28 heavy (non-hydrogen) atoms. The van der Waals surface area contributed by atoms with Crippen molar-refractivity contribution in [2.24, 2.45) is 0 Å². The highest BCUT2D eigenvalue weighted by molar-refractivity contribution is 7.89. The van der Waals surface area contributed by atoms with Crippen LogP contribution in [0.5, 0.6) is 11.5 Å².